The molecule has 0 radical (unpaired) electrons. The number of aromatic hydroxyl groups is 1. The standard InChI is InChI=1S/C21H23FO4/c1-12(2)20-17(23)8-6-14(21(20)22)10-13-7-9-18(26-11-19(24)25)16-5-3-4-15(13)16/h6-9,12,23H,3-5,10-11H2,1-2H3,(H,24,25). The molecule has 26 heavy (non-hydrogen) atoms. The highest BCUT2D eigenvalue weighted by molar-refractivity contribution is 5.68. The van der Waals surface area contributed by atoms with E-state index >= 15 is 0 Å². The van der Waals surface area contributed by atoms with E-state index in [2.05, 4.69) is 0 Å². The lowest BCUT2D eigenvalue weighted by Gasteiger charge is -2.16. The molecule has 1 aliphatic rings. The smallest absolute Gasteiger partial charge is 0.341 e. The lowest BCUT2D eigenvalue weighted by atomic mass is 9.92. The minimum Gasteiger partial charge on any atom is -0.508 e. The highest BCUT2D eigenvalue weighted by Crippen LogP contribution is 2.36. The van der Waals surface area contributed by atoms with Gasteiger partial charge in [-0.05, 0) is 59.6 Å². The zero-order chi connectivity index (χ0) is 18.8. The average molecular weight is 358 g/mol. The largest absolute Gasteiger partial charge is 0.508 e. The van der Waals surface area contributed by atoms with E-state index in [-0.39, 0.29) is 24.1 Å². The van der Waals surface area contributed by atoms with Crippen LogP contribution in [-0.4, -0.2) is 22.8 Å². The molecule has 2 aromatic rings. The number of ether oxygens (including phenoxy) is 1. The van der Waals surface area contributed by atoms with Gasteiger partial charge in [0.2, 0.25) is 0 Å². The number of hydrogen-bond acceptors (Lipinski definition) is 3. The fraction of sp³-hybridized carbons (Fsp3) is 0.381. The number of rotatable bonds is 6. The van der Waals surface area contributed by atoms with Crippen LogP contribution in [0, 0.1) is 5.82 Å². The third-order valence-electron chi connectivity index (χ3n) is 4.88. The summed E-state index contributed by atoms with van der Waals surface area (Å²) in [6.07, 6.45) is 3.14. The Balaban J connectivity index is 1.93. The number of phenols is 1. The Kier molecular flexibility index (Phi) is 5.16. The molecule has 0 saturated heterocycles. The van der Waals surface area contributed by atoms with Gasteiger partial charge in [0.05, 0.1) is 0 Å². The van der Waals surface area contributed by atoms with Crippen molar-refractivity contribution in [2.75, 3.05) is 6.61 Å². The predicted octanol–water partition coefficient (Wildman–Crippen LogP) is 4.20. The van der Waals surface area contributed by atoms with Gasteiger partial charge in [0.15, 0.2) is 6.61 Å². The molecule has 3 rings (SSSR count). The molecule has 4 nitrogen and oxygen atoms in total. The zero-order valence-electron chi connectivity index (χ0n) is 15.0. The second-order valence-electron chi connectivity index (χ2n) is 7.02. The van der Waals surface area contributed by atoms with E-state index in [1.807, 2.05) is 19.9 Å². The summed E-state index contributed by atoms with van der Waals surface area (Å²) >= 11 is 0. The molecule has 0 fully saturated rings. The molecule has 0 aliphatic heterocycles. The fourth-order valence-corrected chi connectivity index (χ4v) is 3.71. The van der Waals surface area contributed by atoms with Gasteiger partial charge in [-0.25, -0.2) is 9.18 Å². The second-order valence-corrected chi connectivity index (χ2v) is 7.02. The van der Waals surface area contributed by atoms with Gasteiger partial charge in [0.1, 0.15) is 17.3 Å². The molecule has 1 aliphatic carbocycles. The Morgan fingerprint density at radius 2 is 1.85 bits per heavy atom. The number of carbonyl (C=O) groups is 1. The first-order valence-corrected chi connectivity index (χ1v) is 8.87. The van der Waals surface area contributed by atoms with Crippen LogP contribution in [0.4, 0.5) is 4.39 Å². The van der Waals surface area contributed by atoms with E-state index in [0.717, 1.165) is 36.0 Å². The number of carboxylic acids is 1. The lowest BCUT2D eigenvalue weighted by molar-refractivity contribution is -0.139. The van der Waals surface area contributed by atoms with Crippen molar-refractivity contribution >= 4 is 5.97 Å². The molecule has 0 spiro atoms. The summed E-state index contributed by atoms with van der Waals surface area (Å²) in [5, 5.41) is 18.8. The molecule has 0 atom stereocenters. The summed E-state index contributed by atoms with van der Waals surface area (Å²) in [6, 6.07) is 6.86. The molecule has 0 amide bonds. The molecule has 0 aromatic heterocycles. The third kappa shape index (κ3) is 3.52. The number of fused-ring (bicyclic) bond motifs is 1. The second kappa shape index (κ2) is 7.36. The first-order valence-electron chi connectivity index (χ1n) is 8.87. The van der Waals surface area contributed by atoms with E-state index in [9.17, 15) is 14.3 Å². The van der Waals surface area contributed by atoms with Crippen LogP contribution in [0.3, 0.4) is 0 Å². The topological polar surface area (TPSA) is 66.8 Å². The molecular weight excluding hydrogens is 335 g/mol. The van der Waals surface area contributed by atoms with Crippen molar-refractivity contribution in [2.45, 2.75) is 45.4 Å². The minimum atomic E-state index is -1.01. The molecule has 138 valence electrons. The summed E-state index contributed by atoms with van der Waals surface area (Å²) in [5.41, 5.74) is 4.10. The van der Waals surface area contributed by atoms with Crippen LogP contribution in [0.5, 0.6) is 11.5 Å². The molecule has 0 bridgehead atoms. The van der Waals surface area contributed by atoms with Crippen LogP contribution in [0.15, 0.2) is 24.3 Å². The van der Waals surface area contributed by atoms with E-state index in [4.69, 9.17) is 9.84 Å². The van der Waals surface area contributed by atoms with E-state index in [0.29, 0.717) is 23.3 Å². The van der Waals surface area contributed by atoms with Crippen molar-refractivity contribution in [2.24, 2.45) is 0 Å². The monoisotopic (exact) mass is 358 g/mol. The van der Waals surface area contributed by atoms with Crippen molar-refractivity contribution in [3.05, 3.63) is 57.9 Å². The number of hydrogen-bond donors (Lipinski definition) is 2. The highest BCUT2D eigenvalue weighted by Gasteiger charge is 2.22. The number of phenolic OH excluding ortho intramolecular Hbond substituents is 1. The molecular formula is C21H23FO4. The first-order chi connectivity index (χ1) is 12.4. The van der Waals surface area contributed by atoms with Gasteiger partial charge in [-0.2, -0.15) is 0 Å². The molecule has 2 N–H and O–H groups in total. The maximum Gasteiger partial charge on any atom is 0.341 e. The maximum atomic E-state index is 14.9. The minimum absolute atomic E-state index is 0.0103. The summed E-state index contributed by atoms with van der Waals surface area (Å²) in [7, 11) is 0. The van der Waals surface area contributed by atoms with Crippen LogP contribution >= 0.6 is 0 Å². The normalized spacial score (nSPS) is 13.1. The lowest BCUT2D eigenvalue weighted by Crippen LogP contribution is -2.11. The third-order valence-corrected chi connectivity index (χ3v) is 4.88. The Hall–Kier alpha value is -2.56. The highest BCUT2D eigenvalue weighted by atomic mass is 19.1. The Morgan fingerprint density at radius 1 is 1.15 bits per heavy atom. The van der Waals surface area contributed by atoms with E-state index < -0.39 is 5.97 Å². The number of halogens is 1. The SMILES string of the molecule is CC(C)c1c(O)ccc(Cc2ccc(OCC(=O)O)c3c2CCC3)c1F. The molecule has 0 saturated carbocycles. The van der Waals surface area contributed by atoms with Gasteiger partial charge in [-0.3, -0.25) is 0 Å². The summed E-state index contributed by atoms with van der Waals surface area (Å²) < 4.78 is 20.3. The summed E-state index contributed by atoms with van der Waals surface area (Å²) in [5.74, 6) is -0.861. The molecule has 5 heteroatoms. The van der Waals surface area contributed by atoms with E-state index in [1.54, 1.807) is 18.2 Å². The van der Waals surface area contributed by atoms with Crippen LogP contribution in [-0.2, 0) is 24.1 Å². The zero-order valence-corrected chi connectivity index (χ0v) is 15.0. The quantitative estimate of drug-likeness (QED) is 0.812. The number of carboxylic acid groups (broad SMARTS) is 1. The Labute approximate surface area is 152 Å². The van der Waals surface area contributed by atoms with Gasteiger partial charge in [0.25, 0.3) is 0 Å². The Morgan fingerprint density at radius 3 is 2.54 bits per heavy atom. The van der Waals surface area contributed by atoms with Gasteiger partial charge >= 0.3 is 5.97 Å². The average Bonchev–Trinajstić information content (AvgIpc) is 3.06. The van der Waals surface area contributed by atoms with Gasteiger partial charge in [0, 0.05) is 12.0 Å². The predicted molar refractivity (Wildman–Crippen MR) is 96.6 cm³/mol. The van der Waals surface area contributed by atoms with Gasteiger partial charge < -0.3 is 14.9 Å². The van der Waals surface area contributed by atoms with Crippen LogP contribution in [0.1, 0.15) is 54.0 Å². The number of benzene rings is 2. The van der Waals surface area contributed by atoms with Crippen molar-refractivity contribution in [3.63, 3.8) is 0 Å². The van der Waals surface area contributed by atoms with Crippen LogP contribution in [0.25, 0.3) is 0 Å². The van der Waals surface area contributed by atoms with Gasteiger partial charge in [-0.15, -0.1) is 0 Å². The molecule has 2 aromatic carbocycles. The Bertz CT molecular complexity index is 842. The van der Waals surface area contributed by atoms with Crippen molar-refractivity contribution in [3.8, 4) is 11.5 Å². The fourth-order valence-electron chi connectivity index (χ4n) is 3.71. The maximum absolute atomic E-state index is 14.9. The molecule has 0 heterocycles. The first kappa shape index (κ1) is 18.2. The van der Waals surface area contributed by atoms with Crippen LogP contribution in [0.2, 0.25) is 0 Å². The van der Waals surface area contributed by atoms with Gasteiger partial charge in [-0.1, -0.05) is 26.0 Å². The van der Waals surface area contributed by atoms with E-state index in [1.165, 1.54) is 0 Å². The van der Waals surface area contributed by atoms with Crippen molar-refractivity contribution in [1.29, 1.82) is 0 Å². The van der Waals surface area contributed by atoms with Crippen molar-refractivity contribution < 1.29 is 24.1 Å². The molecule has 0 unspecified atom stereocenters. The summed E-state index contributed by atoms with van der Waals surface area (Å²) in [6.45, 7) is 3.35. The van der Waals surface area contributed by atoms with Crippen molar-refractivity contribution in [1.82, 2.24) is 0 Å². The number of aliphatic carboxylic acids is 1. The van der Waals surface area contributed by atoms with Crippen LogP contribution < -0.4 is 4.74 Å². The summed E-state index contributed by atoms with van der Waals surface area (Å²) in [4.78, 5) is 10.7.